The molecule has 5 heteroatoms. The maximum Gasteiger partial charge on any atom is 0.387 e. The Labute approximate surface area is 117 Å². The van der Waals surface area contributed by atoms with Crippen molar-refractivity contribution in [3.8, 4) is 5.75 Å². The summed E-state index contributed by atoms with van der Waals surface area (Å²) >= 11 is 0. The van der Waals surface area contributed by atoms with Crippen LogP contribution in [0.4, 0.5) is 8.78 Å². The molecule has 0 spiro atoms. The molecule has 1 aromatic carbocycles. The molecule has 0 radical (unpaired) electrons. The molecule has 20 heavy (non-hydrogen) atoms. The molecule has 1 aliphatic carbocycles. The van der Waals surface area contributed by atoms with E-state index >= 15 is 0 Å². The summed E-state index contributed by atoms with van der Waals surface area (Å²) in [5.74, 6) is 0.163. The molecule has 0 heterocycles. The Bertz CT molecular complexity index is 418. The Morgan fingerprint density at radius 3 is 2.40 bits per heavy atom. The van der Waals surface area contributed by atoms with Gasteiger partial charge in [0.15, 0.2) is 0 Å². The largest absolute Gasteiger partial charge is 0.435 e. The fourth-order valence-corrected chi connectivity index (χ4v) is 2.45. The van der Waals surface area contributed by atoms with Crippen molar-refractivity contribution in [2.75, 3.05) is 6.54 Å². The van der Waals surface area contributed by atoms with E-state index in [0.717, 1.165) is 31.2 Å². The molecule has 2 N–H and O–H groups in total. The second kappa shape index (κ2) is 6.50. The fourth-order valence-electron chi connectivity index (χ4n) is 2.45. The zero-order valence-corrected chi connectivity index (χ0v) is 11.6. The van der Waals surface area contributed by atoms with Gasteiger partial charge in [0, 0.05) is 12.6 Å². The average molecular weight is 285 g/mol. The highest BCUT2D eigenvalue weighted by Gasteiger charge is 2.34. The minimum absolute atomic E-state index is 0.111. The topological polar surface area (TPSA) is 41.5 Å². The summed E-state index contributed by atoms with van der Waals surface area (Å²) in [5.41, 5.74) is 0.448. The van der Waals surface area contributed by atoms with Crippen LogP contribution in [0.1, 0.15) is 44.2 Å². The van der Waals surface area contributed by atoms with Crippen molar-refractivity contribution in [3.05, 3.63) is 29.8 Å². The first-order valence-corrected chi connectivity index (χ1v) is 7.03. The summed E-state index contributed by atoms with van der Waals surface area (Å²) in [6.45, 7) is -0.179. The van der Waals surface area contributed by atoms with Gasteiger partial charge in [0.25, 0.3) is 0 Å². The zero-order valence-electron chi connectivity index (χ0n) is 11.6. The van der Waals surface area contributed by atoms with E-state index in [1.54, 1.807) is 24.3 Å². The number of nitrogens with one attached hydrogen (secondary N) is 1. The average Bonchev–Trinajstić information content (AvgIpc) is 2.38. The Hall–Kier alpha value is -1.20. The Morgan fingerprint density at radius 1 is 1.30 bits per heavy atom. The van der Waals surface area contributed by atoms with Crippen LogP contribution in [0.3, 0.4) is 0 Å². The Morgan fingerprint density at radius 2 is 1.95 bits per heavy atom. The molecular formula is C15H21F2NO2. The van der Waals surface area contributed by atoms with E-state index in [1.165, 1.54) is 0 Å². The van der Waals surface area contributed by atoms with Gasteiger partial charge in [-0.05, 0) is 43.4 Å². The van der Waals surface area contributed by atoms with E-state index in [4.69, 9.17) is 0 Å². The standard InChI is InChI=1S/C15H21F2NO2/c1-2-13(18-10-15(19)8-3-9-15)11-4-6-12(7-5-11)20-14(16)17/h4-7,13-14,18-19H,2-3,8-10H2,1H3. The molecule has 0 aliphatic heterocycles. The highest BCUT2D eigenvalue weighted by molar-refractivity contribution is 5.29. The lowest BCUT2D eigenvalue weighted by Gasteiger charge is -2.38. The lowest BCUT2D eigenvalue weighted by atomic mass is 9.80. The first kappa shape index (κ1) is 15.2. The van der Waals surface area contributed by atoms with Crippen molar-refractivity contribution in [1.29, 1.82) is 0 Å². The van der Waals surface area contributed by atoms with E-state index < -0.39 is 12.2 Å². The number of ether oxygens (including phenoxy) is 1. The highest BCUT2D eigenvalue weighted by Crippen LogP contribution is 2.31. The van der Waals surface area contributed by atoms with Gasteiger partial charge in [-0.2, -0.15) is 8.78 Å². The molecule has 1 aromatic rings. The number of aliphatic hydroxyl groups is 1. The van der Waals surface area contributed by atoms with Gasteiger partial charge in [0.2, 0.25) is 0 Å². The first-order chi connectivity index (χ1) is 9.52. The van der Waals surface area contributed by atoms with Crippen LogP contribution in [0, 0.1) is 0 Å². The van der Waals surface area contributed by atoms with Crippen LogP contribution >= 0.6 is 0 Å². The lowest BCUT2D eigenvalue weighted by Crippen LogP contribution is -2.47. The molecular weight excluding hydrogens is 264 g/mol. The minimum Gasteiger partial charge on any atom is -0.435 e. The van der Waals surface area contributed by atoms with Gasteiger partial charge < -0.3 is 15.2 Å². The Kier molecular flexibility index (Phi) is 4.94. The maximum absolute atomic E-state index is 12.1. The molecule has 1 atom stereocenters. The number of hydrogen-bond acceptors (Lipinski definition) is 3. The van der Waals surface area contributed by atoms with E-state index in [1.807, 2.05) is 6.92 Å². The zero-order chi connectivity index (χ0) is 14.6. The third-order valence-electron chi connectivity index (χ3n) is 3.88. The molecule has 0 amide bonds. The van der Waals surface area contributed by atoms with Gasteiger partial charge in [-0.15, -0.1) is 0 Å². The van der Waals surface area contributed by atoms with Gasteiger partial charge in [-0.3, -0.25) is 0 Å². The second-order valence-electron chi connectivity index (χ2n) is 5.37. The number of benzene rings is 1. The predicted octanol–water partition coefficient (Wildman–Crippen LogP) is 3.24. The summed E-state index contributed by atoms with van der Waals surface area (Å²) in [7, 11) is 0. The van der Waals surface area contributed by atoms with Crippen molar-refractivity contribution in [1.82, 2.24) is 5.32 Å². The van der Waals surface area contributed by atoms with E-state index in [2.05, 4.69) is 10.1 Å². The van der Waals surface area contributed by atoms with Crippen LogP contribution in [-0.4, -0.2) is 23.9 Å². The van der Waals surface area contributed by atoms with E-state index in [-0.39, 0.29) is 11.8 Å². The summed E-state index contributed by atoms with van der Waals surface area (Å²) in [4.78, 5) is 0. The van der Waals surface area contributed by atoms with Crippen molar-refractivity contribution in [2.45, 2.75) is 50.9 Å². The van der Waals surface area contributed by atoms with Gasteiger partial charge in [-0.25, -0.2) is 0 Å². The monoisotopic (exact) mass is 285 g/mol. The number of rotatable bonds is 7. The lowest BCUT2D eigenvalue weighted by molar-refractivity contribution is -0.0499. The molecule has 1 unspecified atom stereocenters. The summed E-state index contributed by atoms with van der Waals surface area (Å²) in [6, 6.07) is 6.77. The molecule has 3 nitrogen and oxygen atoms in total. The summed E-state index contributed by atoms with van der Waals surface area (Å²) in [5, 5.41) is 13.4. The van der Waals surface area contributed by atoms with Gasteiger partial charge in [0.05, 0.1) is 5.60 Å². The van der Waals surface area contributed by atoms with Crippen LogP contribution in [-0.2, 0) is 0 Å². The van der Waals surface area contributed by atoms with Gasteiger partial charge >= 0.3 is 6.61 Å². The van der Waals surface area contributed by atoms with E-state index in [9.17, 15) is 13.9 Å². The molecule has 1 saturated carbocycles. The van der Waals surface area contributed by atoms with Crippen LogP contribution in [0.2, 0.25) is 0 Å². The SMILES string of the molecule is CCC(NCC1(O)CCC1)c1ccc(OC(F)F)cc1. The number of halogens is 2. The van der Waals surface area contributed by atoms with Crippen molar-refractivity contribution in [2.24, 2.45) is 0 Å². The van der Waals surface area contributed by atoms with Gasteiger partial charge in [0.1, 0.15) is 5.75 Å². The second-order valence-corrected chi connectivity index (χ2v) is 5.37. The smallest absolute Gasteiger partial charge is 0.387 e. The third-order valence-corrected chi connectivity index (χ3v) is 3.88. The van der Waals surface area contributed by atoms with Crippen molar-refractivity contribution >= 4 is 0 Å². The highest BCUT2D eigenvalue weighted by atomic mass is 19.3. The van der Waals surface area contributed by atoms with Crippen molar-refractivity contribution in [3.63, 3.8) is 0 Å². The maximum atomic E-state index is 12.1. The minimum atomic E-state index is -2.80. The third kappa shape index (κ3) is 3.90. The molecule has 0 saturated heterocycles. The molecule has 0 aromatic heterocycles. The van der Waals surface area contributed by atoms with Crippen LogP contribution < -0.4 is 10.1 Å². The quantitative estimate of drug-likeness (QED) is 0.808. The normalized spacial score (nSPS) is 18.6. The van der Waals surface area contributed by atoms with Crippen LogP contribution in [0.5, 0.6) is 5.75 Å². The number of hydrogen-bond donors (Lipinski definition) is 2. The summed E-state index contributed by atoms with van der Waals surface area (Å²) < 4.78 is 28.5. The molecule has 0 bridgehead atoms. The first-order valence-electron chi connectivity index (χ1n) is 7.03. The fraction of sp³-hybridized carbons (Fsp3) is 0.600. The van der Waals surface area contributed by atoms with Crippen LogP contribution in [0.15, 0.2) is 24.3 Å². The molecule has 1 fully saturated rings. The van der Waals surface area contributed by atoms with Crippen LogP contribution in [0.25, 0.3) is 0 Å². The molecule has 2 rings (SSSR count). The molecule has 1 aliphatic rings. The van der Waals surface area contributed by atoms with Crippen molar-refractivity contribution < 1.29 is 18.6 Å². The predicted molar refractivity (Wildman–Crippen MR) is 72.9 cm³/mol. The Balaban J connectivity index is 1.92. The number of alkyl halides is 2. The van der Waals surface area contributed by atoms with E-state index in [0.29, 0.717) is 6.54 Å². The summed E-state index contributed by atoms with van der Waals surface area (Å²) in [6.07, 6.45) is 3.63. The van der Waals surface area contributed by atoms with Gasteiger partial charge in [-0.1, -0.05) is 19.1 Å². The molecule has 112 valence electrons.